The number of benzene rings is 1. The van der Waals surface area contributed by atoms with E-state index in [1.807, 2.05) is 6.92 Å². The Bertz CT molecular complexity index is 1370. The van der Waals surface area contributed by atoms with Crippen molar-refractivity contribution in [1.29, 1.82) is 0 Å². The van der Waals surface area contributed by atoms with Crippen LogP contribution < -0.4 is 14.2 Å². The Labute approximate surface area is 239 Å². The number of carbonyl (C=O) groups is 2. The van der Waals surface area contributed by atoms with E-state index in [-0.39, 0.29) is 48.1 Å². The van der Waals surface area contributed by atoms with E-state index in [4.69, 9.17) is 30.9 Å². The van der Waals surface area contributed by atoms with E-state index in [9.17, 15) is 22.8 Å². The van der Waals surface area contributed by atoms with Crippen LogP contribution in [-0.4, -0.2) is 63.0 Å². The highest BCUT2D eigenvalue weighted by Crippen LogP contribution is 2.36. The number of hydrogen-bond donors (Lipinski definition) is 1. The number of aromatic nitrogens is 3. The third kappa shape index (κ3) is 9.27. The van der Waals surface area contributed by atoms with Gasteiger partial charge in [-0.3, -0.25) is 14.3 Å². The monoisotopic (exact) mass is 598 g/mol. The van der Waals surface area contributed by atoms with Gasteiger partial charge < -0.3 is 24.2 Å². The van der Waals surface area contributed by atoms with E-state index in [2.05, 4.69) is 10.1 Å². The highest BCUT2D eigenvalue weighted by molar-refractivity contribution is 6.31. The average molecular weight is 599 g/mol. The lowest BCUT2D eigenvalue weighted by atomic mass is 10.1. The van der Waals surface area contributed by atoms with Crippen LogP contribution in [0.2, 0.25) is 5.02 Å². The number of pyridine rings is 1. The molecule has 0 spiro atoms. The number of likely N-dealkylation sites (N-methyl/N-ethyl adjacent to an activating group) is 1. The Morgan fingerprint density at radius 1 is 1.12 bits per heavy atom. The normalized spacial score (nSPS) is 11.3. The predicted molar refractivity (Wildman–Crippen MR) is 143 cm³/mol. The third-order valence-electron chi connectivity index (χ3n) is 5.87. The fraction of sp³-hybridized carbons (Fsp3) is 0.407. The van der Waals surface area contributed by atoms with Gasteiger partial charge in [0.1, 0.15) is 23.1 Å². The minimum atomic E-state index is -4.61. The van der Waals surface area contributed by atoms with E-state index >= 15 is 0 Å². The molecule has 1 amide bonds. The maximum atomic E-state index is 13.1. The number of halogens is 4. The number of carboxylic acids is 1. The van der Waals surface area contributed by atoms with Gasteiger partial charge in [0.05, 0.1) is 25.1 Å². The predicted octanol–water partition coefficient (Wildman–Crippen LogP) is 5.17. The van der Waals surface area contributed by atoms with Gasteiger partial charge in [0.15, 0.2) is 0 Å². The summed E-state index contributed by atoms with van der Waals surface area (Å²) in [5.74, 6) is -0.403. The van der Waals surface area contributed by atoms with Gasteiger partial charge in [-0.1, -0.05) is 17.7 Å². The summed E-state index contributed by atoms with van der Waals surface area (Å²) in [6, 6.07) is 5.75. The molecule has 222 valence electrons. The molecular formula is C27H30ClF3N4O6. The second kappa shape index (κ2) is 14.1. The second-order valence-corrected chi connectivity index (χ2v) is 9.39. The molecule has 3 aromatic rings. The molecule has 2 heterocycles. The van der Waals surface area contributed by atoms with Crippen molar-refractivity contribution >= 4 is 23.5 Å². The van der Waals surface area contributed by atoms with Gasteiger partial charge >= 0.3 is 12.1 Å². The standard InChI is InChI=1S/C27H30ClF3N4O6/c1-4-35(17(2)36)9-11-39-21-8-7-18(6-5-10-40-25-19(12-24(37)38)16-34(3)33-25)23(14-21)41-26-22(28)13-20(15-32-26)27(29,30)31/h7-8,13-16H,4-6,9-12H2,1-3H3,(H,37,38). The molecular weight excluding hydrogens is 569 g/mol. The largest absolute Gasteiger partial charge is 0.492 e. The van der Waals surface area contributed by atoms with Gasteiger partial charge in [-0.05, 0) is 37.5 Å². The average Bonchev–Trinajstić information content (AvgIpc) is 3.23. The minimum absolute atomic E-state index is 0.0820. The van der Waals surface area contributed by atoms with Crippen LogP contribution in [0.1, 0.15) is 37.0 Å². The van der Waals surface area contributed by atoms with Crippen LogP contribution in [-0.2, 0) is 35.7 Å². The summed E-state index contributed by atoms with van der Waals surface area (Å²) in [4.78, 5) is 28.1. The van der Waals surface area contributed by atoms with Crippen molar-refractivity contribution in [1.82, 2.24) is 19.7 Å². The molecule has 0 saturated heterocycles. The van der Waals surface area contributed by atoms with Crippen molar-refractivity contribution in [2.45, 2.75) is 39.3 Å². The first-order valence-electron chi connectivity index (χ1n) is 12.7. The van der Waals surface area contributed by atoms with Gasteiger partial charge in [-0.25, -0.2) is 4.98 Å². The van der Waals surface area contributed by atoms with Gasteiger partial charge in [-0.2, -0.15) is 13.2 Å². The molecule has 0 bridgehead atoms. The Balaban J connectivity index is 1.75. The zero-order valence-electron chi connectivity index (χ0n) is 22.7. The van der Waals surface area contributed by atoms with Crippen LogP contribution in [0.3, 0.4) is 0 Å². The minimum Gasteiger partial charge on any atom is -0.492 e. The lowest BCUT2D eigenvalue weighted by molar-refractivity contribution is -0.138. The Morgan fingerprint density at radius 2 is 1.88 bits per heavy atom. The summed E-state index contributed by atoms with van der Waals surface area (Å²) in [7, 11) is 1.66. The van der Waals surface area contributed by atoms with Crippen LogP contribution in [0.4, 0.5) is 13.2 Å². The molecule has 0 atom stereocenters. The number of carbonyl (C=O) groups excluding carboxylic acids is 1. The van der Waals surface area contributed by atoms with E-state index in [0.717, 1.165) is 6.07 Å². The Kier molecular flexibility index (Phi) is 10.8. The first kappa shape index (κ1) is 31.5. The van der Waals surface area contributed by atoms with Crippen LogP contribution in [0.15, 0.2) is 36.7 Å². The summed E-state index contributed by atoms with van der Waals surface area (Å²) in [5.41, 5.74) is 0.108. The lowest BCUT2D eigenvalue weighted by Gasteiger charge is -2.19. The number of aliphatic carboxylic acids is 1. The molecule has 0 radical (unpaired) electrons. The van der Waals surface area contributed by atoms with Crippen molar-refractivity contribution in [2.24, 2.45) is 7.05 Å². The maximum absolute atomic E-state index is 13.1. The van der Waals surface area contributed by atoms with E-state index in [1.165, 1.54) is 11.6 Å². The SMILES string of the molecule is CCN(CCOc1ccc(CCCOc2nn(C)cc2CC(=O)O)c(Oc2ncc(C(F)(F)F)cc2Cl)c1)C(C)=O. The summed E-state index contributed by atoms with van der Waals surface area (Å²) in [6.07, 6.45) is -1.74. The van der Waals surface area contributed by atoms with Crippen molar-refractivity contribution in [3.05, 3.63) is 58.4 Å². The summed E-state index contributed by atoms with van der Waals surface area (Å²) < 4.78 is 57.9. The number of nitrogens with zero attached hydrogens (tertiary/aromatic N) is 4. The molecule has 0 aliphatic heterocycles. The van der Waals surface area contributed by atoms with E-state index < -0.39 is 17.7 Å². The highest BCUT2D eigenvalue weighted by atomic mass is 35.5. The van der Waals surface area contributed by atoms with E-state index in [0.29, 0.717) is 49.0 Å². The zero-order valence-corrected chi connectivity index (χ0v) is 23.5. The van der Waals surface area contributed by atoms with Gasteiger partial charge in [0.25, 0.3) is 0 Å². The Hall–Kier alpha value is -4.00. The number of aryl methyl sites for hydroxylation is 2. The number of hydrogen-bond acceptors (Lipinski definition) is 7. The molecule has 41 heavy (non-hydrogen) atoms. The van der Waals surface area contributed by atoms with Crippen LogP contribution in [0.5, 0.6) is 23.3 Å². The van der Waals surface area contributed by atoms with Crippen LogP contribution >= 0.6 is 11.6 Å². The summed E-state index contributed by atoms with van der Waals surface area (Å²) >= 11 is 6.06. The lowest BCUT2D eigenvalue weighted by Crippen LogP contribution is -2.32. The van der Waals surface area contributed by atoms with Crippen molar-refractivity contribution < 1.29 is 42.1 Å². The first-order chi connectivity index (χ1) is 19.4. The van der Waals surface area contributed by atoms with Gasteiger partial charge in [0.2, 0.25) is 17.7 Å². The first-order valence-corrected chi connectivity index (χ1v) is 13.0. The molecule has 1 N–H and O–H groups in total. The molecule has 0 fully saturated rings. The number of rotatable bonds is 14. The molecule has 0 saturated carbocycles. The van der Waals surface area contributed by atoms with Crippen molar-refractivity contribution in [2.75, 3.05) is 26.3 Å². The fourth-order valence-electron chi connectivity index (χ4n) is 3.85. The third-order valence-corrected chi connectivity index (χ3v) is 6.14. The smallest absolute Gasteiger partial charge is 0.417 e. The Morgan fingerprint density at radius 3 is 2.51 bits per heavy atom. The fourth-order valence-corrected chi connectivity index (χ4v) is 4.06. The van der Waals surface area contributed by atoms with Crippen LogP contribution in [0, 0.1) is 0 Å². The van der Waals surface area contributed by atoms with Gasteiger partial charge in [0, 0.05) is 44.5 Å². The molecule has 1 aromatic carbocycles. The highest BCUT2D eigenvalue weighted by Gasteiger charge is 2.32. The van der Waals surface area contributed by atoms with Crippen molar-refractivity contribution in [3.8, 4) is 23.3 Å². The topological polar surface area (TPSA) is 116 Å². The summed E-state index contributed by atoms with van der Waals surface area (Å²) in [5, 5.41) is 12.9. The number of carboxylic acid groups (broad SMARTS) is 1. The molecule has 0 aliphatic rings. The van der Waals surface area contributed by atoms with Crippen LogP contribution in [0.25, 0.3) is 0 Å². The number of ether oxygens (including phenoxy) is 3. The van der Waals surface area contributed by atoms with Crippen molar-refractivity contribution in [3.63, 3.8) is 0 Å². The zero-order chi connectivity index (χ0) is 30.2. The molecule has 2 aromatic heterocycles. The molecule has 0 aliphatic carbocycles. The maximum Gasteiger partial charge on any atom is 0.417 e. The number of alkyl halides is 3. The van der Waals surface area contributed by atoms with E-state index in [1.54, 1.807) is 36.3 Å². The van der Waals surface area contributed by atoms with Gasteiger partial charge in [-0.15, -0.1) is 5.10 Å². The summed E-state index contributed by atoms with van der Waals surface area (Å²) in [6.45, 7) is 4.64. The molecule has 14 heteroatoms. The second-order valence-electron chi connectivity index (χ2n) is 8.98. The molecule has 0 unspecified atom stereocenters. The number of amides is 1. The molecule has 10 nitrogen and oxygen atoms in total. The quantitative estimate of drug-likeness (QED) is 0.253. The molecule has 3 rings (SSSR count).